The molecule has 3 aromatic rings. The summed E-state index contributed by atoms with van der Waals surface area (Å²) in [6.45, 7) is 6.19. The number of hydrogen-bond acceptors (Lipinski definition) is 2. The Bertz CT molecular complexity index is 937. The highest BCUT2D eigenvalue weighted by Gasteiger charge is 2.34. The van der Waals surface area contributed by atoms with E-state index in [9.17, 15) is 4.79 Å². The summed E-state index contributed by atoms with van der Waals surface area (Å²) in [5.41, 5.74) is 5.14. The Hall–Kier alpha value is -2.91. The van der Waals surface area contributed by atoms with E-state index in [4.69, 9.17) is 0 Å². The monoisotopic (exact) mass is 440 g/mol. The van der Waals surface area contributed by atoms with Crippen molar-refractivity contribution in [1.29, 1.82) is 0 Å². The lowest BCUT2D eigenvalue weighted by molar-refractivity contribution is -0.109. The summed E-state index contributed by atoms with van der Waals surface area (Å²) in [4.78, 5) is 13.9. The van der Waals surface area contributed by atoms with Crippen LogP contribution >= 0.6 is 0 Å². The van der Waals surface area contributed by atoms with Crippen LogP contribution in [0.5, 0.6) is 0 Å². The summed E-state index contributed by atoms with van der Waals surface area (Å²) in [7, 11) is 0. The number of carbonyl (C=O) groups excluding carboxylic acids is 1. The number of hydrogen-bond donors (Lipinski definition) is 1. The Morgan fingerprint density at radius 3 is 2.00 bits per heavy atom. The molecule has 1 aliphatic heterocycles. The normalized spacial score (nSPS) is 15.3. The first kappa shape index (κ1) is 23.3. The van der Waals surface area contributed by atoms with Gasteiger partial charge in [0, 0.05) is 12.0 Å². The molecular formula is C30H36N2O. The van der Waals surface area contributed by atoms with Gasteiger partial charge in [-0.15, -0.1) is 0 Å². The molecule has 1 aliphatic rings. The number of aryl methyl sites for hydroxylation is 1. The van der Waals surface area contributed by atoms with E-state index in [0.717, 1.165) is 38.9 Å². The van der Waals surface area contributed by atoms with Crippen molar-refractivity contribution in [3.63, 3.8) is 0 Å². The molecule has 1 saturated heterocycles. The molecule has 0 aliphatic carbocycles. The Labute approximate surface area is 198 Å². The maximum absolute atomic E-state index is 11.3. The molecule has 3 aromatic carbocycles. The van der Waals surface area contributed by atoms with E-state index in [2.05, 4.69) is 102 Å². The van der Waals surface area contributed by atoms with Gasteiger partial charge in [0.25, 0.3) is 0 Å². The van der Waals surface area contributed by atoms with Crippen LogP contribution in [0.4, 0.5) is 0 Å². The fourth-order valence-corrected chi connectivity index (χ4v) is 5.41. The molecule has 0 radical (unpaired) electrons. The van der Waals surface area contributed by atoms with Crippen LogP contribution in [0, 0.1) is 6.92 Å². The molecule has 1 heterocycles. The second kappa shape index (κ2) is 11.3. The fraction of sp³-hybridized carbons (Fsp3) is 0.367. The number of nitrogens with zero attached hydrogens (tertiary/aromatic N) is 1. The standard InChI is InChI=1S/C30H36N2O/c1-25-13-15-26(16-14-25)27-17-21-32(22-18-27)20-8-19-30(23-31-24-33,28-9-4-2-5-10-28)29-11-6-3-7-12-29/h2-7,9-16,24,27H,8,17-23H2,1H3,(H,31,33). The van der Waals surface area contributed by atoms with Gasteiger partial charge in [0.2, 0.25) is 6.41 Å². The van der Waals surface area contributed by atoms with Gasteiger partial charge < -0.3 is 10.2 Å². The van der Waals surface area contributed by atoms with Crippen LogP contribution in [-0.2, 0) is 10.2 Å². The van der Waals surface area contributed by atoms with Crippen LogP contribution in [0.15, 0.2) is 84.9 Å². The van der Waals surface area contributed by atoms with Gasteiger partial charge in [0.1, 0.15) is 0 Å². The van der Waals surface area contributed by atoms with E-state index in [-0.39, 0.29) is 5.41 Å². The van der Waals surface area contributed by atoms with Crippen molar-refractivity contribution >= 4 is 6.41 Å². The van der Waals surface area contributed by atoms with E-state index >= 15 is 0 Å². The van der Waals surface area contributed by atoms with E-state index < -0.39 is 0 Å². The van der Waals surface area contributed by atoms with Crippen molar-refractivity contribution in [3.8, 4) is 0 Å². The third kappa shape index (κ3) is 5.72. The summed E-state index contributed by atoms with van der Waals surface area (Å²) >= 11 is 0. The number of piperidine rings is 1. The van der Waals surface area contributed by atoms with Gasteiger partial charge in [-0.1, -0.05) is 90.5 Å². The summed E-state index contributed by atoms with van der Waals surface area (Å²) in [5.74, 6) is 0.686. The third-order valence-corrected chi connectivity index (χ3v) is 7.35. The SMILES string of the molecule is Cc1ccc(C2CCN(CCCC(CNC=O)(c3ccccc3)c3ccccc3)CC2)cc1. The average Bonchev–Trinajstić information content (AvgIpc) is 2.88. The summed E-state index contributed by atoms with van der Waals surface area (Å²) in [6.07, 6.45) is 5.40. The van der Waals surface area contributed by atoms with Crippen molar-refractivity contribution in [2.75, 3.05) is 26.2 Å². The minimum Gasteiger partial charge on any atom is -0.357 e. The molecule has 0 atom stereocenters. The van der Waals surface area contributed by atoms with Crippen molar-refractivity contribution < 1.29 is 4.79 Å². The van der Waals surface area contributed by atoms with Crippen molar-refractivity contribution in [1.82, 2.24) is 10.2 Å². The van der Waals surface area contributed by atoms with Crippen LogP contribution in [0.3, 0.4) is 0 Å². The number of nitrogens with one attached hydrogen (secondary N) is 1. The topological polar surface area (TPSA) is 32.3 Å². The van der Waals surface area contributed by atoms with Crippen LogP contribution < -0.4 is 5.32 Å². The zero-order valence-corrected chi connectivity index (χ0v) is 19.7. The molecule has 1 fully saturated rings. The first-order valence-corrected chi connectivity index (χ1v) is 12.3. The van der Waals surface area contributed by atoms with Gasteiger partial charge in [-0.05, 0) is 74.8 Å². The van der Waals surface area contributed by atoms with Gasteiger partial charge in [-0.2, -0.15) is 0 Å². The highest BCUT2D eigenvalue weighted by atomic mass is 16.1. The van der Waals surface area contributed by atoms with Crippen LogP contribution in [0.2, 0.25) is 0 Å². The molecule has 0 saturated carbocycles. The predicted octanol–water partition coefficient (Wildman–Crippen LogP) is 5.69. The van der Waals surface area contributed by atoms with Gasteiger partial charge in [-0.25, -0.2) is 0 Å². The smallest absolute Gasteiger partial charge is 0.207 e. The molecular weight excluding hydrogens is 404 g/mol. The predicted molar refractivity (Wildman–Crippen MR) is 137 cm³/mol. The van der Waals surface area contributed by atoms with Gasteiger partial charge in [0.15, 0.2) is 0 Å². The van der Waals surface area contributed by atoms with Crippen molar-refractivity contribution in [3.05, 3.63) is 107 Å². The molecule has 3 heteroatoms. The lowest BCUT2D eigenvalue weighted by atomic mass is 9.71. The lowest BCUT2D eigenvalue weighted by Crippen LogP contribution is -2.40. The van der Waals surface area contributed by atoms with Gasteiger partial charge in [-0.3, -0.25) is 4.79 Å². The molecule has 0 spiro atoms. The second-order valence-corrected chi connectivity index (χ2v) is 9.44. The molecule has 3 nitrogen and oxygen atoms in total. The van der Waals surface area contributed by atoms with Crippen LogP contribution in [0.1, 0.15) is 53.9 Å². The van der Waals surface area contributed by atoms with E-state index in [1.54, 1.807) is 0 Å². The maximum atomic E-state index is 11.3. The first-order chi connectivity index (χ1) is 16.2. The molecule has 0 bridgehead atoms. The summed E-state index contributed by atoms with van der Waals surface area (Å²) < 4.78 is 0. The number of likely N-dealkylation sites (tertiary alicyclic amines) is 1. The Balaban J connectivity index is 1.42. The molecule has 0 unspecified atom stereocenters. The first-order valence-electron chi connectivity index (χ1n) is 12.3. The van der Waals surface area contributed by atoms with Gasteiger partial charge in [0.05, 0.1) is 0 Å². The largest absolute Gasteiger partial charge is 0.357 e. The summed E-state index contributed by atoms with van der Waals surface area (Å²) in [5, 5.41) is 3.01. The average molecular weight is 441 g/mol. The molecule has 1 amide bonds. The Kier molecular flexibility index (Phi) is 7.96. The molecule has 172 valence electrons. The van der Waals surface area contributed by atoms with Gasteiger partial charge >= 0.3 is 0 Å². The minimum absolute atomic E-state index is 0.219. The number of rotatable bonds is 10. The van der Waals surface area contributed by atoms with Crippen LogP contribution in [-0.4, -0.2) is 37.5 Å². The zero-order chi connectivity index (χ0) is 22.9. The lowest BCUT2D eigenvalue weighted by Gasteiger charge is -2.37. The zero-order valence-electron chi connectivity index (χ0n) is 19.7. The third-order valence-electron chi connectivity index (χ3n) is 7.35. The molecule has 33 heavy (non-hydrogen) atoms. The highest BCUT2D eigenvalue weighted by molar-refractivity contribution is 5.48. The van der Waals surface area contributed by atoms with Crippen molar-refractivity contribution in [2.45, 2.75) is 43.9 Å². The number of benzene rings is 3. The second-order valence-electron chi connectivity index (χ2n) is 9.44. The van der Waals surface area contributed by atoms with E-state index in [1.165, 1.54) is 35.1 Å². The van der Waals surface area contributed by atoms with Crippen molar-refractivity contribution in [2.24, 2.45) is 0 Å². The molecule has 1 N–H and O–H groups in total. The Morgan fingerprint density at radius 1 is 0.879 bits per heavy atom. The van der Waals surface area contributed by atoms with Crippen LogP contribution in [0.25, 0.3) is 0 Å². The Morgan fingerprint density at radius 2 is 1.45 bits per heavy atom. The minimum atomic E-state index is -0.219. The summed E-state index contributed by atoms with van der Waals surface area (Å²) in [6, 6.07) is 30.4. The number of carbonyl (C=O) groups is 1. The highest BCUT2D eigenvalue weighted by Crippen LogP contribution is 2.37. The molecule has 4 rings (SSSR count). The molecule has 0 aromatic heterocycles. The quantitative estimate of drug-likeness (QED) is 0.411. The number of amides is 1. The maximum Gasteiger partial charge on any atom is 0.207 e. The van der Waals surface area contributed by atoms with E-state index in [1.807, 2.05) is 0 Å². The van der Waals surface area contributed by atoms with E-state index in [0.29, 0.717) is 12.5 Å². The fourth-order valence-electron chi connectivity index (χ4n) is 5.41.